The summed E-state index contributed by atoms with van der Waals surface area (Å²) < 4.78 is 0. The van der Waals surface area contributed by atoms with Gasteiger partial charge in [-0.05, 0) is 32.4 Å². The highest BCUT2D eigenvalue weighted by atomic mass is 16.4. The van der Waals surface area contributed by atoms with E-state index in [1.54, 1.807) is 0 Å². The lowest BCUT2D eigenvalue weighted by Gasteiger charge is -2.33. The lowest BCUT2D eigenvalue weighted by molar-refractivity contribution is -0.143. The molecule has 0 radical (unpaired) electrons. The summed E-state index contributed by atoms with van der Waals surface area (Å²) in [5.74, 6) is -0.676. The number of carboxylic acid groups (broad SMARTS) is 1. The van der Waals surface area contributed by atoms with Crippen molar-refractivity contribution >= 4 is 5.97 Å². The Hall–Kier alpha value is -0.610. The van der Waals surface area contributed by atoms with Gasteiger partial charge in [0.1, 0.15) is 6.04 Å². The monoisotopic (exact) mass is 242 g/mol. The molecule has 0 amide bonds. The molecule has 17 heavy (non-hydrogen) atoms. The van der Waals surface area contributed by atoms with Gasteiger partial charge in [0.05, 0.1) is 0 Å². The van der Waals surface area contributed by atoms with Gasteiger partial charge in [-0.1, -0.05) is 26.7 Å². The number of carboxylic acids is 1. The van der Waals surface area contributed by atoms with E-state index in [0.717, 1.165) is 32.5 Å². The molecule has 100 valence electrons. The molecule has 2 N–H and O–H groups in total. The van der Waals surface area contributed by atoms with Crippen LogP contribution >= 0.6 is 0 Å². The number of nitrogens with zero attached hydrogens (tertiary/aromatic N) is 1. The fourth-order valence-electron chi connectivity index (χ4n) is 2.58. The van der Waals surface area contributed by atoms with Gasteiger partial charge < -0.3 is 10.4 Å². The van der Waals surface area contributed by atoms with Crippen molar-refractivity contribution in [1.82, 2.24) is 10.2 Å². The van der Waals surface area contributed by atoms with Crippen LogP contribution in [0.25, 0.3) is 0 Å². The van der Waals surface area contributed by atoms with Gasteiger partial charge in [0.25, 0.3) is 0 Å². The van der Waals surface area contributed by atoms with Gasteiger partial charge in [-0.3, -0.25) is 9.69 Å². The molecular formula is C13H26N2O2. The normalized spacial score (nSPS) is 22.6. The van der Waals surface area contributed by atoms with E-state index in [1.165, 1.54) is 19.3 Å². The molecule has 1 saturated heterocycles. The van der Waals surface area contributed by atoms with Crippen LogP contribution in [-0.2, 0) is 4.79 Å². The molecule has 2 atom stereocenters. The average molecular weight is 242 g/mol. The van der Waals surface area contributed by atoms with Crippen molar-refractivity contribution in [3.8, 4) is 0 Å². The summed E-state index contributed by atoms with van der Waals surface area (Å²) in [6.07, 6.45) is 5.36. The van der Waals surface area contributed by atoms with Crippen molar-refractivity contribution in [3.63, 3.8) is 0 Å². The minimum atomic E-state index is -0.676. The Kier molecular flexibility index (Phi) is 6.52. The Balaban J connectivity index is 2.51. The third kappa shape index (κ3) is 4.64. The number of aliphatic carboxylic acids is 1. The molecule has 1 heterocycles. The van der Waals surface area contributed by atoms with Crippen LogP contribution in [0.1, 0.15) is 46.0 Å². The van der Waals surface area contributed by atoms with E-state index in [4.69, 9.17) is 0 Å². The second kappa shape index (κ2) is 7.67. The largest absolute Gasteiger partial charge is 0.480 e. The number of nitrogens with one attached hydrogen (secondary N) is 1. The second-order valence-corrected chi connectivity index (χ2v) is 4.88. The first-order valence-electron chi connectivity index (χ1n) is 6.89. The van der Waals surface area contributed by atoms with Crippen molar-refractivity contribution in [1.29, 1.82) is 0 Å². The van der Waals surface area contributed by atoms with Crippen LogP contribution in [0.4, 0.5) is 0 Å². The molecule has 4 heteroatoms. The molecule has 0 spiro atoms. The Bertz CT molecular complexity index is 227. The number of likely N-dealkylation sites (N-methyl/N-ethyl adjacent to an activating group) is 1. The summed E-state index contributed by atoms with van der Waals surface area (Å²) in [6.45, 7) is 6.85. The highest BCUT2D eigenvalue weighted by Crippen LogP contribution is 2.13. The number of carbonyl (C=O) groups is 1. The molecule has 1 aliphatic heterocycles. The number of rotatable bonds is 7. The summed E-state index contributed by atoms with van der Waals surface area (Å²) in [7, 11) is 0. The summed E-state index contributed by atoms with van der Waals surface area (Å²) in [6, 6.07) is 0.163. The van der Waals surface area contributed by atoms with E-state index in [-0.39, 0.29) is 6.04 Å². The molecule has 0 aromatic heterocycles. The summed E-state index contributed by atoms with van der Waals surface area (Å²) in [5.41, 5.74) is 0. The molecule has 2 unspecified atom stereocenters. The SMILES string of the molecule is CCCC(C(=O)O)N(CC)CC1CCCCN1. The number of hydrogen-bond acceptors (Lipinski definition) is 3. The number of hydrogen-bond donors (Lipinski definition) is 2. The van der Waals surface area contributed by atoms with E-state index in [9.17, 15) is 9.90 Å². The first-order valence-corrected chi connectivity index (χ1v) is 6.89. The zero-order valence-electron chi connectivity index (χ0n) is 11.1. The molecule has 1 aliphatic rings. The summed E-state index contributed by atoms with van der Waals surface area (Å²) in [4.78, 5) is 13.4. The fourth-order valence-corrected chi connectivity index (χ4v) is 2.58. The van der Waals surface area contributed by atoms with Crippen molar-refractivity contribution in [2.75, 3.05) is 19.6 Å². The molecule has 0 aromatic carbocycles. The number of piperidine rings is 1. The smallest absolute Gasteiger partial charge is 0.320 e. The maximum Gasteiger partial charge on any atom is 0.320 e. The first kappa shape index (κ1) is 14.5. The fraction of sp³-hybridized carbons (Fsp3) is 0.923. The van der Waals surface area contributed by atoms with E-state index in [2.05, 4.69) is 17.1 Å². The van der Waals surface area contributed by atoms with Crippen molar-refractivity contribution < 1.29 is 9.90 Å². The molecule has 0 bridgehead atoms. The zero-order chi connectivity index (χ0) is 12.7. The van der Waals surface area contributed by atoms with Crippen LogP contribution in [0, 0.1) is 0 Å². The molecule has 0 saturated carbocycles. The Labute approximate surface area is 104 Å². The summed E-state index contributed by atoms with van der Waals surface area (Å²) >= 11 is 0. The Morgan fingerprint density at radius 2 is 2.24 bits per heavy atom. The van der Waals surface area contributed by atoms with Crippen LogP contribution in [-0.4, -0.2) is 47.7 Å². The lowest BCUT2D eigenvalue weighted by atomic mass is 10.0. The predicted molar refractivity (Wildman–Crippen MR) is 69.2 cm³/mol. The van der Waals surface area contributed by atoms with E-state index >= 15 is 0 Å². The van der Waals surface area contributed by atoms with Gasteiger partial charge in [0, 0.05) is 12.6 Å². The lowest BCUT2D eigenvalue weighted by Crippen LogP contribution is -2.49. The summed E-state index contributed by atoms with van der Waals surface area (Å²) in [5, 5.41) is 12.8. The van der Waals surface area contributed by atoms with Gasteiger partial charge in [0.2, 0.25) is 0 Å². The highest BCUT2D eigenvalue weighted by Gasteiger charge is 2.26. The molecule has 1 rings (SSSR count). The average Bonchev–Trinajstić information content (AvgIpc) is 2.34. The molecule has 4 nitrogen and oxygen atoms in total. The maximum atomic E-state index is 11.3. The molecule has 1 fully saturated rings. The van der Waals surface area contributed by atoms with E-state index in [0.29, 0.717) is 6.04 Å². The van der Waals surface area contributed by atoms with Crippen molar-refractivity contribution in [2.45, 2.75) is 58.0 Å². The third-order valence-electron chi connectivity index (χ3n) is 3.56. The molecule has 0 aromatic rings. The second-order valence-electron chi connectivity index (χ2n) is 4.88. The minimum Gasteiger partial charge on any atom is -0.480 e. The standard InChI is InChI=1S/C13H26N2O2/c1-3-7-12(13(16)17)15(4-2)10-11-8-5-6-9-14-11/h11-12,14H,3-10H2,1-2H3,(H,16,17). The predicted octanol–water partition coefficient (Wildman–Crippen LogP) is 1.70. The van der Waals surface area contributed by atoms with Crippen LogP contribution in [0.5, 0.6) is 0 Å². The van der Waals surface area contributed by atoms with Crippen LogP contribution < -0.4 is 5.32 Å². The van der Waals surface area contributed by atoms with Gasteiger partial charge in [0.15, 0.2) is 0 Å². The Morgan fingerprint density at radius 3 is 2.71 bits per heavy atom. The van der Waals surface area contributed by atoms with Crippen LogP contribution in [0.15, 0.2) is 0 Å². The molecular weight excluding hydrogens is 216 g/mol. The molecule has 0 aliphatic carbocycles. The highest BCUT2D eigenvalue weighted by molar-refractivity contribution is 5.73. The third-order valence-corrected chi connectivity index (χ3v) is 3.56. The van der Waals surface area contributed by atoms with Gasteiger partial charge in [-0.15, -0.1) is 0 Å². The van der Waals surface area contributed by atoms with E-state index in [1.807, 2.05) is 6.92 Å². The van der Waals surface area contributed by atoms with Crippen LogP contribution in [0.3, 0.4) is 0 Å². The zero-order valence-corrected chi connectivity index (χ0v) is 11.1. The van der Waals surface area contributed by atoms with Crippen molar-refractivity contribution in [2.24, 2.45) is 0 Å². The topological polar surface area (TPSA) is 52.6 Å². The van der Waals surface area contributed by atoms with Gasteiger partial charge in [-0.2, -0.15) is 0 Å². The van der Waals surface area contributed by atoms with Crippen LogP contribution in [0.2, 0.25) is 0 Å². The van der Waals surface area contributed by atoms with Gasteiger partial charge in [-0.25, -0.2) is 0 Å². The minimum absolute atomic E-state index is 0.311. The maximum absolute atomic E-state index is 11.3. The Morgan fingerprint density at radius 1 is 1.47 bits per heavy atom. The quantitative estimate of drug-likeness (QED) is 0.713. The first-order chi connectivity index (χ1) is 8.19. The van der Waals surface area contributed by atoms with E-state index < -0.39 is 5.97 Å². The van der Waals surface area contributed by atoms with Gasteiger partial charge >= 0.3 is 5.97 Å². The van der Waals surface area contributed by atoms with Crippen molar-refractivity contribution in [3.05, 3.63) is 0 Å².